The Kier molecular flexibility index (Phi) is 8.96. The predicted molar refractivity (Wildman–Crippen MR) is 188 cm³/mol. The second-order valence-corrected chi connectivity index (χ2v) is 13.7. The Bertz CT molecular complexity index is 1880. The van der Waals surface area contributed by atoms with E-state index in [4.69, 9.17) is 10.1 Å². The van der Waals surface area contributed by atoms with Gasteiger partial charge in [-0.3, -0.25) is 24.3 Å². The zero-order valence-electron chi connectivity index (χ0n) is 28.1. The maximum absolute atomic E-state index is 13.3. The topological polar surface area (TPSA) is 148 Å². The van der Waals surface area contributed by atoms with Gasteiger partial charge in [0.2, 0.25) is 5.95 Å². The molecule has 4 aromatic rings. The molecule has 3 aliphatic rings. The fourth-order valence-corrected chi connectivity index (χ4v) is 6.95. The quantitative estimate of drug-likeness (QED) is 0.190. The molecule has 0 aliphatic carbocycles. The van der Waals surface area contributed by atoms with E-state index in [0.29, 0.717) is 47.1 Å². The van der Waals surface area contributed by atoms with Gasteiger partial charge in [-0.1, -0.05) is 12.1 Å². The predicted octanol–water partition coefficient (Wildman–Crippen LogP) is 2.10. The van der Waals surface area contributed by atoms with Crippen LogP contribution in [0.15, 0.2) is 66.1 Å². The summed E-state index contributed by atoms with van der Waals surface area (Å²) in [6, 6.07) is 14.7. The number of hydrogen-bond acceptors (Lipinski definition) is 11. The first kappa shape index (κ1) is 32.9. The van der Waals surface area contributed by atoms with Crippen LogP contribution in [-0.2, 0) is 16.9 Å². The molecule has 0 atom stereocenters. The van der Waals surface area contributed by atoms with Gasteiger partial charge in [-0.15, -0.1) is 6.58 Å². The Balaban J connectivity index is 0.971. The van der Waals surface area contributed by atoms with Crippen LogP contribution < -0.4 is 15.8 Å². The Morgan fingerprint density at radius 2 is 1.71 bits per heavy atom. The molecule has 0 saturated carbocycles. The Hall–Kier alpha value is -4.63. The summed E-state index contributed by atoms with van der Waals surface area (Å²) in [7, 11) is 0. The van der Waals surface area contributed by atoms with Gasteiger partial charge in [0.15, 0.2) is 11.5 Å². The molecule has 3 N–H and O–H groups in total. The zero-order valence-corrected chi connectivity index (χ0v) is 28.1. The summed E-state index contributed by atoms with van der Waals surface area (Å²) >= 11 is 0. The summed E-state index contributed by atoms with van der Waals surface area (Å²) in [6.07, 6.45) is 3.39. The number of aromatic nitrogens is 5. The van der Waals surface area contributed by atoms with Crippen LogP contribution in [0, 0.1) is 0 Å². The van der Waals surface area contributed by atoms with Gasteiger partial charge in [-0.25, -0.2) is 19.3 Å². The van der Waals surface area contributed by atoms with Crippen LogP contribution in [-0.4, -0.2) is 126 Å². The number of piperazine rings is 1. The summed E-state index contributed by atoms with van der Waals surface area (Å²) < 4.78 is 3.16. The molecule has 3 fully saturated rings. The minimum atomic E-state index is -1.16. The number of aliphatic hydroxyl groups is 1. The number of likely N-dealkylation sites (tertiary alicyclic amines) is 2. The number of rotatable bonds is 12. The SMILES string of the molecule is C=CCn1c(=O)c2cnc(Nc3ccc(N4CCN(C5CN(C6CN(CCC(=O)O)C6)C5)CC4)cc3)nc2n1-c1cccc(C(C)(C)O)n1. The number of anilines is 3. The van der Waals surface area contributed by atoms with Crippen LogP contribution >= 0.6 is 0 Å². The number of carbonyl (C=O) groups is 1. The number of hydrogen-bond donors (Lipinski definition) is 3. The lowest BCUT2D eigenvalue weighted by Crippen LogP contribution is -2.70. The number of nitrogens with one attached hydrogen (secondary N) is 1. The molecule has 258 valence electrons. The molecular formula is C35H44N10O4. The lowest BCUT2D eigenvalue weighted by Gasteiger charge is -2.55. The van der Waals surface area contributed by atoms with E-state index in [9.17, 15) is 14.7 Å². The third kappa shape index (κ3) is 6.81. The maximum Gasteiger partial charge on any atom is 0.304 e. The Morgan fingerprint density at radius 3 is 2.39 bits per heavy atom. The summed E-state index contributed by atoms with van der Waals surface area (Å²) in [5.41, 5.74) is 1.46. The van der Waals surface area contributed by atoms with E-state index in [0.717, 1.165) is 58.0 Å². The molecular weight excluding hydrogens is 624 g/mol. The van der Waals surface area contributed by atoms with Gasteiger partial charge in [-0.05, 0) is 50.2 Å². The molecule has 14 nitrogen and oxygen atoms in total. The highest BCUT2D eigenvalue weighted by atomic mass is 16.4. The molecule has 0 spiro atoms. The molecule has 3 aliphatic heterocycles. The summed E-state index contributed by atoms with van der Waals surface area (Å²) in [5.74, 6) is 0.0798. The van der Waals surface area contributed by atoms with E-state index >= 15 is 0 Å². The first-order chi connectivity index (χ1) is 23.6. The lowest BCUT2D eigenvalue weighted by molar-refractivity contribution is -0.138. The number of aliphatic carboxylic acids is 1. The number of carboxylic acids is 1. The molecule has 0 unspecified atom stereocenters. The molecule has 6 heterocycles. The second kappa shape index (κ2) is 13.3. The third-order valence-corrected chi connectivity index (χ3v) is 9.86. The second-order valence-electron chi connectivity index (χ2n) is 13.7. The van der Waals surface area contributed by atoms with Crippen molar-refractivity contribution >= 4 is 34.3 Å². The van der Waals surface area contributed by atoms with E-state index in [1.807, 2.05) is 12.1 Å². The van der Waals surface area contributed by atoms with E-state index < -0.39 is 11.6 Å². The highest BCUT2D eigenvalue weighted by Crippen LogP contribution is 2.27. The summed E-state index contributed by atoms with van der Waals surface area (Å²) in [6.45, 7) is 16.2. The number of nitrogens with zero attached hydrogens (tertiary/aromatic N) is 9. The van der Waals surface area contributed by atoms with Crippen LogP contribution in [0.2, 0.25) is 0 Å². The average Bonchev–Trinajstić information content (AvgIpc) is 3.31. The normalized spacial score (nSPS) is 18.4. The van der Waals surface area contributed by atoms with Crippen molar-refractivity contribution in [3.63, 3.8) is 0 Å². The van der Waals surface area contributed by atoms with Crippen LogP contribution in [0.3, 0.4) is 0 Å². The third-order valence-electron chi connectivity index (χ3n) is 9.86. The van der Waals surface area contributed by atoms with Gasteiger partial charge in [0.05, 0.1) is 18.7 Å². The Labute approximate surface area is 284 Å². The van der Waals surface area contributed by atoms with Gasteiger partial charge in [0, 0.05) is 88.6 Å². The first-order valence-electron chi connectivity index (χ1n) is 16.9. The van der Waals surface area contributed by atoms with Gasteiger partial charge < -0.3 is 20.4 Å². The van der Waals surface area contributed by atoms with Crippen molar-refractivity contribution in [2.45, 2.75) is 44.5 Å². The molecule has 1 aromatic carbocycles. The minimum absolute atomic E-state index is 0.222. The van der Waals surface area contributed by atoms with Gasteiger partial charge in [-0.2, -0.15) is 4.98 Å². The molecule has 14 heteroatoms. The number of allylic oxidation sites excluding steroid dienone is 1. The lowest BCUT2D eigenvalue weighted by atomic mass is 9.98. The van der Waals surface area contributed by atoms with Gasteiger partial charge in [0.1, 0.15) is 11.0 Å². The first-order valence-corrected chi connectivity index (χ1v) is 16.9. The molecule has 3 saturated heterocycles. The van der Waals surface area contributed by atoms with Crippen molar-refractivity contribution in [3.05, 3.63) is 77.4 Å². The van der Waals surface area contributed by atoms with Crippen LogP contribution in [0.4, 0.5) is 17.3 Å². The largest absolute Gasteiger partial charge is 0.481 e. The molecule has 3 aromatic heterocycles. The van der Waals surface area contributed by atoms with Crippen molar-refractivity contribution in [1.29, 1.82) is 0 Å². The van der Waals surface area contributed by atoms with Crippen molar-refractivity contribution in [3.8, 4) is 5.82 Å². The van der Waals surface area contributed by atoms with Crippen molar-refractivity contribution in [2.24, 2.45) is 0 Å². The van der Waals surface area contributed by atoms with Crippen LogP contribution in [0.1, 0.15) is 26.0 Å². The summed E-state index contributed by atoms with van der Waals surface area (Å²) in [4.78, 5) is 47.8. The van der Waals surface area contributed by atoms with Gasteiger partial charge >= 0.3 is 5.97 Å². The number of carboxylic acid groups (broad SMARTS) is 1. The van der Waals surface area contributed by atoms with Crippen molar-refractivity contribution in [1.82, 2.24) is 39.0 Å². The monoisotopic (exact) mass is 668 g/mol. The molecule has 0 amide bonds. The fraction of sp³-hybridized carbons (Fsp3) is 0.457. The van der Waals surface area contributed by atoms with Gasteiger partial charge in [0.25, 0.3) is 5.56 Å². The van der Waals surface area contributed by atoms with Crippen molar-refractivity contribution in [2.75, 3.05) is 69.1 Å². The molecule has 49 heavy (non-hydrogen) atoms. The van der Waals surface area contributed by atoms with E-state index in [2.05, 4.69) is 53.6 Å². The van der Waals surface area contributed by atoms with E-state index in [1.165, 1.54) is 16.6 Å². The van der Waals surface area contributed by atoms with E-state index in [-0.39, 0.29) is 18.5 Å². The number of fused-ring (bicyclic) bond motifs is 1. The van der Waals surface area contributed by atoms with E-state index in [1.54, 1.807) is 42.8 Å². The minimum Gasteiger partial charge on any atom is -0.481 e. The smallest absolute Gasteiger partial charge is 0.304 e. The van der Waals surface area contributed by atoms with Crippen LogP contribution in [0.25, 0.3) is 16.9 Å². The fourth-order valence-electron chi connectivity index (χ4n) is 6.95. The molecule has 0 bridgehead atoms. The van der Waals surface area contributed by atoms with Crippen LogP contribution in [0.5, 0.6) is 0 Å². The molecule has 7 rings (SSSR count). The standard InChI is InChI=1S/C35H44N10O4/c1-4-13-44-33(48)28-19-36-34(39-32(28)45(44)30-7-5-6-29(38-30)35(2,3)49)37-24-8-10-25(11-9-24)41-15-17-42(18-16-41)27-22-43(23-27)26-20-40(21-26)14-12-31(46)47/h4-11,19,26-27,49H,1,12-18,20-23H2,2-3H3,(H,46,47)(H,36,37,39). The highest BCUT2D eigenvalue weighted by molar-refractivity contribution is 5.77. The zero-order chi connectivity index (χ0) is 34.3. The molecule has 0 radical (unpaired) electrons. The maximum atomic E-state index is 13.3. The number of benzene rings is 1. The Morgan fingerprint density at radius 1 is 1.00 bits per heavy atom. The van der Waals surface area contributed by atoms with Crippen molar-refractivity contribution < 1.29 is 15.0 Å². The number of pyridine rings is 1. The average molecular weight is 669 g/mol. The summed E-state index contributed by atoms with van der Waals surface area (Å²) in [5, 5.41) is 23.1. The highest BCUT2D eigenvalue weighted by Gasteiger charge is 2.41.